The smallest absolute Gasteiger partial charge is 0.224 e. The van der Waals surface area contributed by atoms with E-state index in [2.05, 4.69) is 15.3 Å². The molecule has 6 heteroatoms. The molecule has 1 aromatic heterocycles. The summed E-state index contributed by atoms with van der Waals surface area (Å²) in [7, 11) is 0. The Morgan fingerprint density at radius 1 is 1.29 bits per heavy atom. The van der Waals surface area contributed by atoms with E-state index in [1.165, 1.54) is 18.3 Å². The van der Waals surface area contributed by atoms with Crippen LogP contribution in [0.4, 0.5) is 10.2 Å². The van der Waals surface area contributed by atoms with Crippen LogP contribution in [-0.2, 0) is 11.3 Å². The molecule has 0 aliphatic carbocycles. The third kappa shape index (κ3) is 5.02. The Kier molecular flexibility index (Phi) is 4.98. The summed E-state index contributed by atoms with van der Waals surface area (Å²) in [4.78, 5) is 19.6. The Hall–Kier alpha value is -2.76. The van der Waals surface area contributed by atoms with Crippen molar-refractivity contribution in [3.05, 3.63) is 59.8 Å². The second kappa shape index (κ2) is 7.14. The van der Waals surface area contributed by atoms with E-state index in [1.807, 2.05) is 0 Å². The van der Waals surface area contributed by atoms with Gasteiger partial charge in [0.2, 0.25) is 5.91 Å². The van der Waals surface area contributed by atoms with E-state index in [0.29, 0.717) is 11.6 Å². The van der Waals surface area contributed by atoms with Gasteiger partial charge in [-0.3, -0.25) is 4.79 Å². The number of rotatable bonds is 5. The highest BCUT2D eigenvalue weighted by molar-refractivity contribution is 5.78. The van der Waals surface area contributed by atoms with Crippen LogP contribution in [0.3, 0.4) is 0 Å². The molecule has 0 aliphatic rings. The molecule has 3 N–H and O–H groups in total. The zero-order chi connectivity index (χ0) is 15.1. The van der Waals surface area contributed by atoms with Gasteiger partial charge in [0.25, 0.3) is 0 Å². The topological polar surface area (TPSA) is 80.9 Å². The molecule has 0 saturated heterocycles. The van der Waals surface area contributed by atoms with Gasteiger partial charge in [0, 0.05) is 12.6 Å². The van der Waals surface area contributed by atoms with Crippen molar-refractivity contribution in [2.75, 3.05) is 5.73 Å². The van der Waals surface area contributed by atoms with Crippen LogP contribution >= 0.6 is 0 Å². The van der Waals surface area contributed by atoms with Crippen LogP contribution < -0.4 is 11.1 Å². The van der Waals surface area contributed by atoms with E-state index in [4.69, 9.17) is 5.73 Å². The first-order chi connectivity index (χ1) is 10.1. The molecule has 108 valence electrons. The van der Waals surface area contributed by atoms with Gasteiger partial charge in [0.05, 0.1) is 6.54 Å². The fourth-order valence-electron chi connectivity index (χ4n) is 1.63. The maximum Gasteiger partial charge on any atom is 0.224 e. The largest absolute Gasteiger partial charge is 0.384 e. The molecule has 1 aromatic carbocycles. The average molecular weight is 286 g/mol. The molecule has 0 unspecified atom stereocenters. The summed E-state index contributed by atoms with van der Waals surface area (Å²) in [6.45, 7) is 0.230. The molecule has 0 radical (unpaired) electrons. The molecule has 1 amide bonds. The quantitative estimate of drug-likeness (QED) is 0.880. The average Bonchev–Trinajstić information content (AvgIpc) is 2.47. The van der Waals surface area contributed by atoms with Crippen molar-refractivity contribution in [3.8, 4) is 0 Å². The number of halogens is 1. The maximum absolute atomic E-state index is 12.7. The van der Waals surface area contributed by atoms with Gasteiger partial charge in [-0.05, 0) is 23.8 Å². The van der Waals surface area contributed by atoms with E-state index in [-0.39, 0.29) is 24.7 Å². The number of nitrogens with one attached hydrogen (secondary N) is 1. The molecule has 5 nitrogen and oxygen atoms in total. The van der Waals surface area contributed by atoms with Crippen molar-refractivity contribution in [2.24, 2.45) is 0 Å². The Morgan fingerprint density at radius 2 is 2.05 bits per heavy atom. The highest BCUT2D eigenvalue weighted by Gasteiger charge is 2.01. The van der Waals surface area contributed by atoms with Crippen molar-refractivity contribution in [1.29, 1.82) is 0 Å². The summed E-state index contributed by atoms with van der Waals surface area (Å²) in [5.74, 6) is 0.391. The summed E-state index contributed by atoms with van der Waals surface area (Å²) in [5.41, 5.74) is 6.35. The first kappa shape index (κ1) is 14.6. The number of benzene rings is 1. The number of nitrogens with zero attached hydrogens (tertiary/aromatic N) is 2. The summed E-state index contributed by atoms with van der Waals surface area (Å²) in [6.07, 6.45) is 5.23. The molecule has 21 heavy (non-hydrogen) atoms. The minimum Gasteiger partial charge on any atom is -0.384 e. The molecular formula is C15H15FN4O. The molecule has 2 aromatic rings. The normalized spacial score (nSPS) is 10.7. The van der Waals surface area contributed by atoms with Crippen LogP contribution in [0.1, 0.15) is 17.8 Å². The van der Waals surface area contributed by atoms with E-state index in [9.17, 15) is 9.18 Å². The predicted octanol–water partition coefficient (Wildman–Crippen LogP) is 1.92. The molecule has 0 bridgehead atoms. The lowest BCUT2D eigenvalue weighted by molar-refractivity contribution is -0.120. The first-order valence-corrected chi connectivity index (χ1v) is 6.40. The highest BCUT2D eigenvalue weighted by atomic mass is 19.1. The lowest BCUT2D eigenvalue weighted by Gasteiger charge is -2.02. The number of nitrogens with two attached hydrogens (primary N) is 1. The van der Waals surface area contributed by atoms with Gasteiger partial charge in [-0.15, -0.1) is 0 Å². The van der Waals surface area contributed by atoms with Crippen LogP contribution in [0.2, 0.25) is 0 Å². The monoisotopic (exact) mass is 286 g/mol. The second-order valence-electron chi connectivity index (χ2n) is 4.33. The lowest BCUT2D eigenvalue weighted by atomic mass is 10.2. The molecule has 0 aliphatic heterocycles. The van der Waals surface area contributed by atoms with Crippen LogP contribution in [0.5, 0.6) is 0 Å². The summed E-state index contributed by atoms with van der Waals surface area (Å²) >= 11 is 0. The molecular weight excluding hydrogens is 271 g/mol. The van der Waals surface area contributed by atoms with Gasteiger partial charge in [0.1, 0.15) is 17.5 Å². The number of hydrogen-bond acceptors (Lipinski definition) is 4. The first-order valence-electron chi connectivity index (χ1n) is 6.40. The van der Waals surface area contributed by atoms with Crippen LogP contribution in [-0.4, -0.2) is 15.9 Å². The Bertz CT molecular complexity index is 640. The van der Waals surface area contributed by atoms with E-state index in [1.54, 1.807) is 30.4 Å². The third-order valence-electron chi connectivity index (χ3n) is 2.65. The molecule has 1 heterocycles. The number of carbonyl (C=O) groups excluding carboxylic acids is 1. The SMILES string of the molecule is Nc1ccnc(CNC(=O)C/C=C/c2ccc(F)cc2)n1. The predicted molar refractivity (Wildman–Crippen MR) is 78.3 cm³/mol. The Balaban J connectivity index is 1.78. The Morgan fingerprint density at radius 3 is 2.76 bits per heavy atom. The van der Waals surface area contributed by atoms with E-state index >= 15 is 0 Å². The van der Waals surface area contributed by atoms with Crippen molar-refractivity contribution >= 4 is 17.8 Å². The molecule has 2 rings (SSSR count). The van der Waals surface area contributed by atoms with Crippen molar-refractivity contribution in [2.45, 2.75) is 13.0 Å². The standard InChI is InChI=1S/C15H15FN4O/c16-12-6-4-11(5-7-12)2-1-3-15(21)19-10-14-18-9-8-13(17)20-14/h1-2,4-9H,3,10H2,(H,19,21)(H2,17,18,20)/b2-1+. The number of carbonyl (C=O) groups is 1. The van der Waals surface area contributed by atoms with Crippen LogP contribution in [0, 0.1) is 5.82 Å². The van der Waals surface area contributed by atoms with Gasteiger partial charge in [-0.2, -0.15) is 0 Å². The van der Waals surface area contributed by atoms with Crippen LogP contribution in [0.15, 0.2) is 42.6 Å². The van der Waals surface area contributed by atoms with E-state index in [0.717, 1.165) is 5.56 Å². The number of nitrogen functional groups attached to an aromatic ring is 1. The second-order valence-corrected chi connectivity index (χ2v) is 4.33. The minimum atomic E-state index is -0.285. The third-order valence-corrected chi connectivity index (χ3v) is 2.65. The van der Waals surface area contributed by atoms with Crippen LogP contribution in [0.25, 0.3) is 6.08 Å². The summed E-state index contributed by atoms with van der Waals surface area (Å²) in [6, 6.07) is 7.61. The summed E-state index contributed by atoms with van der Waals surface area (Å²) < 4.78 is 12.7. The number of amides is 1. The lowest BCUT2D eigenvalue weighted by Crippen LogP contribution is -2.23. The maximum atomic E-state index is 12.7. The van der Waals surface area contributed by atoms with Crippen molar-refractivity contribution in [1.82, 2.24) is 15.3 Å². The zero-order valence-electron chi connectivity index (χ0n) is 11.3. The van der Waals surface area contributed by atoms with Crippen molar-refractivity contribution in [3.63, 3.8) is 0 Å². The number of anilines is 1. The van der Waals surface area contributed by atoms with Gasteiger partial charge >= 0.3 is 0 Å². The minimum absolute atomic E-state index is 0.153. The molecule has 0 spiro atoms. The van der Waals surface area contributed by atoms with Gasteiger partial charge in [-0.1, -0.05) is 24.3 Å². The number of aromatic nitrogens is 2. The van der Waals surface area contributed by atoms with Crippen molar-refractivity contribution < 1.29 is 9.18 Å². The van der Waals surface area contributed by atoms with E-state index < -0.39 is 0 Å². The Labute approximate surface area is 121 Å². The number of hydrogen-bond donors (Lipinski definition) is 2. The highest BCUT2D eigenvalue weighted by Crippen LogP contribution is 2.05. The fraction of sp³-hybridized carbons (Fsp3) is 0.133. The van der Waals surface area contributed by atoms with Gasteiger partial charge in [0.15, 0.2) is 0 Å². The zero-order valence-corrected chi connectivity index (χ0v) is 11.3. The fourth-order valence-corrected chi connectivity index (χ4v) is 1.63. The molecule has 0 saturated carbocycles. The van der Waals surface area contributed by atoms with Gasteiger partial charge in [-0.25, -0.2) is 14.4 Å². The summed E-state index contributed by atoms with van der Waals surface area (Å²) in [5, 5.41) is 2.69. The molecule has 0 fully saturated rings. The molecule has 0 atom stereocenters. The van der Waals surface area contributed by atoms with Gasteiger partial charge < -0.3 is 11.1 Å².